The fourth-order valence-corrected chi connectivity index (χ4v) is 4.39. The first kappa shape index (κ1) is 24.5. The minimum absolute atomic E-state index is 0.0158. The van der Waals surface area contributed by atoms with Gasteiger partial charge in [-0.05, 0) is 19.8 Å². The molecule has 2 aromatic rings. The highest BCUT2D eigenvalue weighted by molar-refractivity contribution is 6.44. The number of aromatic nitrogens is 3. The predicted octanol–water partition coefficient (Wildman–Crippen LogP) is 1.16. The fraction of sp³-hybridized carbons (Fsp3) is 0.524. The average molecular weight is 511 g/mol. The smallest absolute Gasteiger partial charge is 0.269 e. The Morgan fingerprint density at radius 2 is 1.88 bits per heavy atom. The summed E-state index contributed by atoms with van der Waals surface area (Å²) >= 11 is 12.2. The number of carbonyl (C=O) groups is 2. The second-order valence-corrected chi connectivity index (χ2v) is 9.14. The molecule has 0 unspecified atom stereocenters. The van der Waals surface area contributed by atoms with Crippen LogP contribution in [0.3, 0.4) is 0 Å². The molecule has 2 aliphatic rings. The molecule has 184 valence electrons. The summed E-state index contributed by atoms with van der Waals surface area (Å²) < 4.78 is 5.89. The molecule has 0 aliphatic carbocycles. The maximum Gasteiger partial charge on any atom is 0.269 e. The predicted molar refractivity (Wildman–Crippen MR) is 129 cm³/mol. The van der Waals surface area contributed by atoms with E-state index in [4.69, 9.17) is 33.7 Å². The molecule has 11 nitrogen and oxygen atoms in total. The van der Waals surface area contributed by atoms with Gasteiger partial charge in [-0.2, -0.15) is 4.98 Å². The van der Waals surface area contributed by atoms with Gasteiger partial charge in [0.1, 0.15) is 18.1 Å². The molecule has 4 rings (SSSR count). The highest BCUT2D eigenvalue weighted by Crippen LogP contribution is 2.29. The summed E-state index contributed by atoms with van der Waals surface area (Å²) in [4.78, 5) is 40.1. The number of primary amides is 1. The van der Waals surface area contributed by atoms with Crippen LogP contribution in [-0.2, 0) is 0 Å². The van der Waals surface area contributed by atoms with Crippen LogP contribution in [0.1, 0.15) is 39.5 Å². The van der Waals surface area contributed by atoms with E-state index < -0.39 is 5.91 Å². The van der Waals surface area contributed by atoms with Crippen LogP contribution in [0.25, 0.3) is 0 Å². The number of nitrogens with two attached hydrogens (primary N) is 1. The summed E-state index contributed by atoms with van der Waals surface area (Å²) in [5.41, 5.74) is 6.52. The first-order valence-electron chi connectivity index (χ1n) is 11.2. The molecular formula is C21H28Cl2N8O3. The molecule has 2 aliphatic heterocycles. The number of hydrogen-bond donors (Lipinski definition) is 4. The number of amides is 2. The lowest BCUT2D eigenvalue weighted by molar-refractivity contribution is 0.0801. The topological polar surface area (TPSA) is 142 Å². The molecule has 13 heteroatoms. The number of rotatable bonds is 7. The van der Waals surface area contributed by atoms with Crippen LogP contribution in [0.5, 0.6) is 5.88 Å². The van der Waals surface area contributed by atoms with Gasteiger partial charge in [0.2, 0.25) is 11.8 Å². The third-order valence-corrected chi connectivity index (χ3v) is 6.89. The maximum absolute atomic E-state index is 12.6. The zero-order valence-corrected chi connectivity index (χ0v) is 20.4. The molecule has 0 spiro atoms. The van der Waals surface area contributed by atoms with Crippen LogP contribution in [0, 0.1) is 6.92 Å². The second kappa shape index (κ2) is 10.8. The number of likely N-dealkylation sites (tertiary alicyclic amines) is 1. The van der Waals surface area contributed by atoms with Gasteiger partial charge in [0.05, 0.1) is 10.0 Å². The number of anilines is 1. The van der Waals surface area contributed by atoms with E-state index in [9.17, 15) is 9.59 Å². The highest BCUT2D eigenvalue weighted by Gasteiger charge is 2.25. The lowest BCUT2D eigenvalue weighted by Crippen LogP contribution is -2.46. The van der Waals surface area contributed by atoms with E-state index in [1.165, 1.54) is 6.07 Å². The van der Waals surface area contributed by atoms with Crippen LogP contribution in [-0.4, -0.2) is 83.7 Å². The SMILES string of the molecule is Cc1[nH]c(C(=O)NC2CCN(COc3cc(C(N)=O)nc(N4CCNCC4)n3)CC2)c(Cl)c1Cl. The summed E-state index contributed by atoms with van der Waals surface area (Å²) in [6, 6.07) is 1.48. The largest absolute Gasteiger partial charge is 0.461 e. The van der Waals surface area contributed by atoms with Gasteiger partial charge in [0, 0.05) is 57.1 Å². The van der Waals surface area contributed by atoms with E-state index in [0.717, 1.165) is 52.1 Å². The van der Waals surface area contributed by atoms with E-state index in [0.29, 0.717) is 29.3 Å². The number of H-pyrrole nitrogens is 1. The minimum atomic E-state index is -0.626. The summed E-state index contributed by atoms with van der Waals surface area (Å²) in [5.74, 6) is -0.150. The Labute approximate surface area is 207 Å². The van der Waals surface area contributed by atoms with Gasteiger partial charge >= 0.3 is 0 Å². The van der Waals surface area contributed by atoms with Crippen LogP contribution in [0.2, 0.25) is 10.0 Å². The molecule has 2 amide bonds. The Morgan fingerprint density at radius 1 is 1.18 bits per heavy atom. The van der Waals surface area contributed by atoms with Crippen LogP contribution >= 0.6 is 23.2 Å². The molecule has 0 saturated carbocycles. The average Bonchev–Trinajstić information content (AvgIpc) is 3.11. The number of nitrogens with one attached hydrogen (secondary N) is 3. The maximum atomic E-state index is 12.6. The van der Waals surface area contributed by atoms with Crippen molar-refractivity contribution >= 4 is 41.0 Å². The minimum Gasteiger partial charge on any atom is -0.461 e. The van der Waals surface area contributed by atoms with Gasteiger partial charge in [-0.1, -0.05) is 23.2 Å². The third-order valence-electron chi connectivity index (χ3n) is 5.94. The van der Waals surface area contributed by atoms with Gasteiger partial charge in [-0.3, -0.25) is 14.5 Å². The van der Waals surface area contributed by atoms with Crippen LogP contribution < -0.4 is 26.0 Å². The molecule has 2 fully saturated rings. The van der Waals surface area contributed by atoms with Crippen molar-refractivity contribution in [1.82, 2.24) is 30.5 Å². The van der Waals surface area contributed by atoms with Gasteiger partial charge < -0.3 is 31.0 Å². The molecule has 34 heavy (non-hydrogen) atoms. The van der Waals surface area contributed by atoms with Crippen molar-refractivity contribution < 1.29 is 14.3 Å². The van der Waals surface area contributed by atoms with E-state index in [-0.39, 0.29) is 28.4 Å². The van der Waals surface area contributed by atoms with Crippen molar-refractivity contribution in [2.24, 2.45) is 5.73 Å². The molecule has 4 heterocycles. The van der Waals surface area contributed by atoms with Crippen molar-refractivity contribution in [3.05, 3.63) is 33.2 Å². The molecule has 0 radical (unpaired) electrons. The number of aromatic amines is 1. The third kappa shape index (κ3) is 5.72. The molecule has 0 atom stereocenters. The Morgan fingerprint density at radius 3 is 2.50 bits per heavy atom. The summed E-state index contributed by atoms with van der Waals surface area (Å²) in [5, 5.41) is 6.88. The Kier molecular flexibility index (Phi) is 7.77. The number of hydrogen-bond acceptors (Lipinski definition) is 8. The first-order chi connectivity index (χ1) is 16.3. The Hall–Kier alpha value is -2.60. The number of ether oxygens (including phenoxy) is 1. The number of piperazine rings is 1. The lowest BCUT2D eigenvalue weighted by atomic mass is 10.1. The standard InChI is InChI=1S/C21H28Cl2N8O3/c1-12-16(22)17(23)18(26-12)20(33)27-13-2-6-30(7-3-13)11-34-15-10-14(19(24)32)28-21(29-15)31-8-4-25-5-9-31/h10,13,25-26H,2-9,11H2,1H3,(H2,24,32)(H,27,33). The Balaban J connectivity index is 1.30. The summed E-state index contributed by atoms with van der Waals surface area (Å²) in [6.07, 6.45) is 1.50. The number of carbonyl (C=O) groups excluding carboxylic acids is 2. The highest BCUT2D eigenvalue weighted by atomic mass is 35.5. The van der Waals surface area contributed by atoms with Gasteiger partial charge in [0.15, 0.2) is 0 Å². The van der Waals surface area contributed by atoms with Crippen molar-refractivity contribution in [2.45, 2.75) is 25.8 Å². The molecule has 2 saturated heterocycles. The van der Waals surface area contributed by atoms with Crippen molar-refractivity contribution in [3.8, 4) is 5.88 Å². The number of aryl methyl sites for hydroxylation is 1. The van der Waals surface area contributed by atoms with Crippen molar-refractivity contribution in [2.75, 3.05) is 50.9 Å². The quantitative estimate of drug-likeness (QED) is 0.434. The number of piperidine rings is 1. The molecule has 5 N–H and O–H groups in total. The summed E-state index contributed by atoms with van der Waals surface area (Å²) in [7, 11) is 0. The first-order valence-corrected chi connectivity index (χ1v) is 11.9. The monoisotopic (exact) mass is 510 g/mol. The van der Waals surface area contributed by atoms with Gasteiger partial charge in [0.25, 0.3) is 11.8 Å². The van der Waals surface area contributed by atoms with E-state index in [1.807, 2.05) is 4.90 Å². The van der Waals surface area contributed by atoms with Crippen LogP contribution in [0.15, 0.2) is 6.07 Å². The van der Waals surface area contributed by atoms with Crippen LogP contribution in [0.4, 0.5) is 5.95 Å². The fourth-order valence-electron chi connectivity index (χ4n) is 3.97. The van der Waals surface area contributed by atoms with Gasteiger partial charge in [-0.25, -0.2) is 4.98 Å². The lowest BCUT2D eigenvalue weighted by Gasteiger charge is -2.32. The van der Waals surface area contributed by atoms with Crippen molar-refractivity contribution in [1.29, 1.82) is 0 Å². The number of nitrogens with zero attached hydrogens (tertiary/aromatic N) is 4. The van der Waals surface area contributed by atoms with Crippen molar-refractivity contribution in [3.63, 3.8) is 0 Å². The zero-order valence-electron chi connectivity index (χ0n) is 18.9. The summed E-state index contributed by atoms with van der Waals surface area (Å²) in [6.45, 7) is 6.61. The number of halogens is 2. The Bertz CT molecular complexity index is 1050. The second-order valence-electron chi connectivity index (χ2n) is 8.38. The molecule has 0 bridgehead atoms. The van der Waals surface area contributed by atoms with E-state index in [1.54, 1.807) is 6.92 Å². The molecular weight excluding hydrogens is 483 g/mol. The van der Waals surface area contributed by atoms with Gasteiger partial charge in [-0.15, -0.1) is 0 Å². The normalized spacial score (nSPS) is 17.6. The molecule has 2 aromatic heterocycles. The van der Waals surface area contributed by atoms with E-state index >= 15 is 0 Å². The van der Waals surface area contributed by atoms with E-state index in [2.05, 4.69) is 30.5 Å². The zero-order chi connectivity index (χ0) is 24.2. The molecule has 0 aromatic carbocycles.